The molecule has 2 rings (SSSR count). The predicted octanol–water partition coefficient (Wildman–Crippen LogP) is 3.25. The Morgan fingerprint density at radius 2 is 1.92 bits per heavy atom. The molecule has 24 heavy (non-hydrogen) atoms. The number of alkyl halides is 3. The Morgan fingerprint density at radius 1 is 1.21 bits per heavy atom. The minimum Gasteiger partial charge on any atom is -0.318 e. The van der Waals surface area contributed by atoms with Crippen molar-refractivity contribution in [3.05, 3.63) is 52.8 Å². The Kier molecular flexibility index (Phi) is 6.16. The first kappa shape index (κ1) is 18.2. The molecule has 1 aromatic carbocycles. The van der Waals surface area contributed by atoms with Crippen molar-refractivity contribution in [1.29, 1.82) is 0 Å². The van der Waals surface area contributed by atoms with Gasteiger partial charge in [0.1, 0.15) is 0 Å². The number of hydrogen-bond donors (Lipinski definition) is 2. The van der Waals surface area contributed by atoms with Crippen LogP contribution in [-0.4, -0.2) is 42.3 Å². The van der Waals surface area contributed by atoms with Gasteiger partial charge in [0.25, 0.3) is 0 Å². The molecule has 0 aliphatic carbocycles. The van der Waals surface area contributed by atoms with Gasteiger partial charge in [-0.1, -0.05) is 18.2 Å². The Hall–Kier alpha value is -2.12. The van der Waals surface area contributed by atoms with Gasteiger partial charge in [-0.2, -0.15) is 18.3 Å². The molecule has 4 nitrogen and oxygen atoms in total. The highest BCUT2D eigenvalue weighted by atomic mass is 19.4. The molecule has 0 unspecified atom stereocenters. The molecule has 0 spiro atoms. The fourth-order valence-corrected chi connectivity index (χ4v) is 2.23. The molecule has 0 radical (unpaired) electrons. The van der Waals surface area contributed by atoms with E-state index >= 15 is 0 Å². The summed E-state index contributed by atoms with van der Waals surface area (Å²) >= 11 is 0. The molecule has 0 aliphatic rings. The van der Waals surface area contributed by atoms with E-state index in [4.69, 9.17) is 0 Å². The normalized spacial score (nSPS) is 12.4. The molecule has 2 aromatic rings. The fraction of sp³-hybridized carbons (Fsp3) is 0.353. The summed E-state index contributed by atoms with van der Waals surface area (Å²) in [5.41, 5.74) is 1.95. The zero-order valence-corrected chi connectivity index (χ0v) is 13.7. The summed E-state index contributed by atoms with van der Waals surface area (Å²) in [5, 5.41) is 10.1. The lowest BCUT2D eigenvalue weighted by molar-refractivity contribution is -0.137. The number of benzene rings is 1. The van der Waals surface area contributed by atoms with Crippen LogP contribution in [0, 0.1) is 0 Å². The summed E-state index contributed by atoms with van der Waals surface area (Å²) in [6, 6.07) is 5.07. The Morgan fingerprint density at radius 3 is 2.54 bits per heavy atom. The number of likely N-dealkylation sites (N-methyl/N-ethyl adjacent to an activating group) is 2. The van der Waals surface area contributed by atoms with E-state index in [1.165, 1.54) is 12.1 Å². The number of H-pyrrole nitrogens is 1. The predicted molar refractivity (Wildman–Crippen MR) is 89.2 cm³/mol. The second kappa shape index (κ2) is 8.12. The van der Waals surface area contributed by atoms with Gasteiger partial charge in [-0.3, -0.25) is 5.10 Å². The fourth-order valence-electron chi connectivity index (χ4n) is 2.23. The Balaban J connectivity index is 2.03. The highest BCUT2D eigenvalue weighted by Crippen LogP contribution is 2.29. The number of nitrogens with zero attached hydrogens (tertiary/aromatic N) is 2. The van der Waals surface area contributed by atoms with Gasteiger partial charge in [0.2, 0.25) is 0 Å². The maximum absolute atomic E-state index is 12.6. The topological polar surface area (TPSA) is 44.0 Å². The van der Waals surface area contributed by atoms with Crippen molar-refractivity contribution in [2.75, 3.05) is 27.2 Å². The highest BCUT2D eigenvalue weighted by Gasteiger charge is 2.29. The molecule has 0 saturated carbocycles. The SMILES string of the molecule is CNCCN(C)Cc1cn[nH]c1C=Cc1ccc(C(F)(F)F)cc1. The first-order valence-electron chi connectivity index (χ1n) is 7.61. The standard InChI is InChI=1S/C17H21F3N4/c1-21-9-10-24(2)12-14-11-22-23-16(14)8-5-13-3-6-15(7-4-13)17(18,19)20/h3-8,11,21H,9-10,12H2,1-2H3,(H,22,23). The number of hydrogen-bond acceptors (Lipinski definition) is 3. The first-order valence-corrected chi connectivity index (χ1v) is 7.61. The van der Waals surface area contributed by atoms with Gasteiger partial charge in [-0.25, -0.2) is 0 Å². The van der Waals surface area contributed by atoms with Crippen molar-refractivity contribution >= 4 is 12.2 Å². The average molecular weight is 338 g/mol. The summed E-state index contributed by atoms with van der Waals surface area (Å²) in [7, 11) is 3.93. The van der Waals surface area contributed by atoms with Crippen LogP contribution in [-0.2, 0) is 12.7 Å². The van der Waals surface area contributed by atoms with Crippen molar-refractivity contribution in [2.24, 2.45) is 0 Å². The third-order valence-electron chi connectivity index (χ3n) is 3.62. The summed E-state index contributed by atoms with van der Waals surface area (Å²) in [5.74, 6) is 0. The van der Waals surface area contributed by atoms with Crippen LogP contribution in [0.5, 0.6) is 0 Å². The smallest absolute Gasteiger partial charge is 0.318 e. The molecule has 0 bridgehead atoms. The van der Waals surface area contributed by atoms with E-state index in [1.54, 1.807) is 12.3 Å². The van der Waals surface area contributed by atoms with E-state index in [0.29, 0.717) is 5.56 Å². The molecule has 1 aromatic heterocycles. The van der Waals surface area contributed by atoms with Gasteiger partial charge in [0.15, 0.2) is 0 Å². The third-order valence-corrected chi connectivity index (χ3v) is 3.62. The van der Waals surface area contributed by atoms with E-state index in [0.717, 1.165) is 43.0 Å². The zero-order valence-electron chi connectivity index (χ0n) is 13.7. The Bertz CT molecular complexity index is 659. The van der Waals surface area contributed by atoms with Crippen LogP contribution in [0.1, 0.15) is 22.4 Å². The molecule has 7 heteroatoms. The van der Waals surface area contributed by atoms with E-state index < -0.39 is 11.7 Å². The first-order chi connectivity index (χ1) is 11.4. The van der Waals surface area contributed by atoms with Gasteiger partial charge >= 0.3 is 6.18 Å². The second-order valence-electron chi connectivity index (χ2n) is 5.60. The minimum absolute atomic E-state index is 0.645. The van der Waals surface area contributed by atoms with Gasteiger partial charge < -0.3 is 10.2 Å². The van der Waals surface area contributed by atoms with E-state index in [1.807, 2.05) is 20.2 Å². The van der Waals surface area contributed by atoms with Crippen molar-refractivity contribution < 1.29 is 13.2 Å². The molecule has 0 aliphatic heterocycles. The maximum Gasteiger partial charge on any atom is 0.416 e. The van der Waals surface area contributed by atoms with Crippen LogP contribution in [0.3, 0.4) is 0 Å². The second-order valence-corrected chi connectivity index (χ2v) is 5.60. The lowest BCUT2D eigenvalue weighted by Crippen LogP contribution is -2.27. The summed E-state index contributed by atoms with van der Waals surface area (Å²) in [4.78, 5) is 2.16. The molecular formula is C17H21F3N4. The van der Waals surface area contributed by atoms with Gasteiger partial charge in [0.05, 0.1) is 17.5 Å². The molecule has 0 fully saturated rings. The Labute approximate surface area is 139 Å². The zero-order chi connectivity index (χ0) is 17.6. The number of rotatable bonds is 7. The third kappa shape index (κ3) is 5.21. The van der Waals surface area contributed by atoms with Crippen molar-refractivity contribution in [3.8, 4) is 0 Å². The lowest BCUT2D eigenvalue weighted by Gasteiger charge is -2.15. The van der Waals surface area contributed by atoms with Crippen LogP contribution >= 0.6 is 0 Å². The number of aromatic amines is 1. The lowest BCUT2D eigenvalue weighted by atomic mass is 10.1. The van der Waals surface area contributed by atoms with E-state index in [2.05, 4.69) is 20.4 Å². The number of nitrogens with one attached hydrogen (secondary N) is 2. The molecule has 0 saturated heterocycles. The molecule has 1 heterocycles. The summed E-state index contributed by atoms with van der Waals surface area (Å²) < 4.78 is 37.7. The largest absolute Gasteiger partial charge is 0.416 e. The van der Waals surface area contributed by atoms with E-state index in [-0.39, 0.29) is 0 Å². The molecule has 2 N–H and O–H groups in total. The van der Waals surface area contributed by atoms with Crippen molar-refractivity contribution in [1.82, 2.24) is 20.4 Å². The molecular weight excluding hydrogens is 317 g/mol. The molecule has 0 atom stereocenters. The minimum atomic E-state index is -4.31. The van der Waals surface area contributed by atoms with Gasteiger partial charge in [-0.15, -0.1) is 0 Å². The molecule has 0 amide bonds. The summed E-state index contributed by atoms with van der Waals surface area (Å²) in [6.07, 6.45) is 1.06. The van der Waals surface area contributed by atoms with E-state index in [9.17, 15) is 13.2 Å². The van der Waals surface area contributed by atoms with Crippen molar-refractivity contribution in [2.45, 2.75) is 12.7 Å². The number of aromatic nitrogens is 2. The quantitative estimate of drug-likeness (QED) is 0.814. The molecule has 130 valence electrons. The average Bonchev–Trinajstić information content (AvgIpc) is 2.97. The van der Waals surface area contributed by atoms with Gasteiger partial charge in [0, 0.05) is 25.2 Å². The van der Waals surface area contributed by atoms with Gasteiger partial charge in [-0.05, 0) is 37.9 Å². The summed E-state index contributed by atoms with van der Waals surface area (Å²) in [6.45, 7) is 2.54. The van der Waals surface area contributed by atoms with Crippen LogP contribution in [0.2, 0.25) is 0 Å². The monoisotopic (exact) mass is 338 g/mol. The highest BCUT2D eigenvalue weighted by molar-refractivity contribution is 5.69. The van der Waals surface area contributed by atoms with Crippen LogP contribution in [0.15, 0.2) is 30.5 Å². The van der Waals surface area contributed by atoms with Crippen molar-refractivity contribution in [3.63, 3.8) is 0 Å². The van der Waals surface area contributed by atoms with Crippen LogP contribution in [0.25, 0.3) is 12.2 Å². The van der Waals surface area contributed by atoms with Crippen LogP contribution < -0.4 is 5.32 Å². The maximum atomic E-state index is 12.6. The van der Waals surface area contributed by atoms with Crippen LogP contribution in [0.4, 0.5) is 13.2 Å². The number of halogens is 3.